The van der Waals surface area contributed by atoms with Crippen molar-refractivity contribution in [1.29, 1.82) is 0 Å². The summed E-state index contributed by atoms with van der Waals surface area (Å²) in [6.45, 7) is 10.1. The molecule has 0 saturated carbocycles. The first-order chi connectivity index (χ1) is 17.4. The van der Waals surface area contributed by atoms with Crippen molar-refractivity contribution in [2.24, 2.45) is 5.92 Å². The van der Waals surface area contributed by atoms with Gasteiger partial charge in [0.05, 0.1) is 0 Å². The molecule has 0 unspecified atom stereocenters. The zero-order valence-electron chi connectivity index (χ0n) is 20.9. The SMILES string of the molecule is Cc1ccc(C(=O)c2sc3cc(O)ccc3c2Oc2ccc(OCCN3CC[C@H](C)C3)cc2)c(C)c1. The summed E-state index contributed by atoms with van der Waals surface area (Å²) in [6, 6.07) is 18.4. The Morgan fingerprint density at radius 2 is 1.83 bits per heavy atom. The summed E-state index contributed by atoms with van der Waals surface area (Å²) in [5.41, 5.74) is 2.69. The number of fused-ring (bicyclic) bond motifs is 1. The number of aromatic hydroxyl groups is 1. The van der Waals surface area contributed by atoms with Crippen molar-refractivity contribution in [3.8, 4) is 23.0 Å². The molecule has 2 heterocycles. The minimum absolute atomic E-state index is 0.0839. The number of ketones is 1. The third kappa shape index (κ3) is 5.25. The van der Waals surface area contributed by atoms with Crippen LogP contribution in [0.4, 0.5) is 0 Å². The maximum Gasteiger partial charge on any atom is 0.207 e. The normalized spacial score (nSPS) is 15.9. The van der Waals surface area contributed by atoms with Gasteiger partial charge in [0.1, 0.15) is 28.7 Å². The number of likely N-dealkylation sites (tertiary alicyclic amines) is 1. The zero-order chi connectivity index (χ0) is 25.2. The summed E-state index contributed by atoms with van der Waals surface area (Å²) in [7, 11) is 0. The van der Waals surface area contributed by atoms with Gasteiger partial charge in [0.15, 0.2) is 5.75 Å². The fourth-order valence-corrected chi connectivity index (χ4v) is 5.86. The molecule has 186 valence electrons. The number of rotatable bonds is 8. The maximum atomic E-state index is 13.6. The van der Waals surface area contributed by atoms with Gasteiger partial charge in [-0.25, -0.2) is 0 Å². The van der Waals surface area contributed by atoms with Gasteiger partial charge in [-0.15, -0.1) is 11.3 Å². The number of phenolic OH excluding ortho intramolecular Hbond substituents is 1. The van der Waals surface area contributed by atoms with Gasteiger partial charge in [-0.3, -0.25) is 9.69 Å². The number of ether oxygens (including phenoxy) is 2. The summed E-state index contributed by atoms with van der Waals surface area (Å²) in [5, 5.41) is 10.8. The van der Waals surface area contributed by atoms with Crippen LogP contribution in [0.3, 0.4) is 0 Å². The molecule has 0 amide bonds. The molecule has 1 N–H and O–H groups in total. The van der Waals surface area contributed by atoms with Gasteiger partial charge in [-0.2, -0.15) is 0 Å². The van der Waals surface area contributed by atoms with Gasteiger partial charge in [0.25, 0.3) is 0 Å². The molecule has 1 saturated heterocycles. The molecule has 1 atom stereocenters. The van der Waals surface area contributed by atoms with Crippen LogP contribution in [-0.4, -0.2) is 42.0 Å². The number of carbonyl (C=O) groups excluding carboxylic acids is 1. The summed E-state index contributed by atoms with van der Waals surface area (Å²) in [4.78, 5) is 16.5. The summed E-state index contributed by atoms with van der Waals surface area (Å²) in [5.74, 6) is 2.77. The Morgan fingerprint density at radius 1 is 1.06 bits per heavy atom. The van der Waals surface area contributed by atoms with Gasteiger partial charge in [0.2, 0.25) is 5.78 Å². The van der Waals surface area contributed by atoms with E-state index < -0.39 is 0 Å². The first kappa shape index (κ1) is 24.3. The predicted molar refractivity (Wildman–Crippen MR) is 145 cm³/mol. The number of hydrogen-bond donors (Lipinski definition) is 1. The number of thiophene rings is 1. The highest BCUT2D eigenvalue weighted by Gasteiger charge is 2.23. The second-order valence-electron chi connectivity index (χ2n) is 9.70. The Bertz CT molecular complexity index is 1390. The van der Waals surface area contributed by atoms with E-state index in [1.165, 1.54) is 17.8 Å². The Balaban J connectivity index is 1.37. The second kappa shape index (κ2) is 10.3. The maximum absolute atomic E-state index is 13.6. The van der Waals surface area contributed by atoms with E-state index in [2.05, 4.69) is 11.8 Å². The van der Waals surface area contributed by atoms with Crippen LogP contribution in [0.2, 0.25) is 0 Å². The molecular weight excluding hydrogens is 470 g/mol. The van der Waals surface area contributed by atoms with Crippen LogP contribution in [0.5, 0.6) is 23.0 Å². The lowest BCUT2D eigenvalue weighted by Crippen LogP contribution is -2.25. The first-order valence-corrected chi connectivity index (χ1v) is 13.2. The monoisotopic (exact) mass is 501 g/mol. The Hall–Kier alpha value is -3.35. The molecule has 1 fully saturated rings. The minimum Gasteiger partial charge on any atom is -0.508 e. The lowest BCUT2D eigenvalue weighted by molar-refractivity contribution is 0.104. The summed E-state index contributed by atoms with van der Waals surface area (Å²) < 4.78 is 13.0. The van der Waals surface area contributed by atoms with Crippen molar-refractivity contribution in [2.45, 2.75) is 27.2 Å². The average Bonchev–Trinajstić information content (AvgIpc) is 3.42. The van der Waals surface area contributed by atoms with Crippen molar-refractivity contribution in [3.63, 3.8) is 0 Å². The van der Waals surface area contributed by atoms with Gasteiger partial charge >= 0.3 is 0 Å². The van der Waals surface area contributed by atoms with E-state index in [1.54, 1.807) is 18.2 Å². The number of nitrogens with zero attached hydrogens (tertiary/aromatic N) is 1. The van der Waals surface area contributed by atoms with Crippen LogP contribution < -0.4 is 9.47 Å². The molecule has 3 aromatic carbocycles. The number of carbonyl (C=O) groups is 1. The van der Waals surface area contributed by atoms with E-state index in [0.29, 0.717) is 28.5 Å². The molecule has 0 bridgehead atoms. The second-order valence-corrected chi connectivity index (χ2v) is 10.8. The minimum atomic E-state index is -0.0839. The van der Waals surface area contributed by atoms with E-state index in [1.807, 2.05) is 56.3 Å². The van der Waals surface area contributed by atoms with Gasteiger partial charge in [-0.05, 0) is 80.8 Å². The highest BCUT2D eigenvalue weighted by Crippen LogP contribution is 2.43. The highest BCUT2D eigenvalue weighted by molar-refractivity contribution is 7.21. The zero-order valence-corrected chi connectivity index (χ0v) is 21.7. The van der Waals surface area contributed by atoms with Crippen molar-refractivity contribution in [2.75, 3.05) is 26.2 Å². The van der Waals surface area contributed by atoms with Crippen molar-refractivity contribution >= 4 is 27.2 Å². The molecule has 5 nitrogen and oxygen atoms in total. The molecular formula is C30H31NO4S. The molecule has 1 aromatic heterocycles. The predicted octanol–water partition coefficient (Wildman–Crippen LogP) is 6.97. The van der Waals surface area contributed by atoms with Gasteiger partial charge in [0, 0.05) is 28.7 Å². The quantitative estimate of drug-likeness (QED) is 0.264. The lowest BCUT2D eigenvalue weighted by Gasteiger charge is -2.15. The van der Waals surface area contributed by atoms with Crippen molar-refractivity contribution in [1.82, 2.24) is 4.90 Å². The fourth-order valence-electron chi connectivity index (χ4n) is 4.75. The molecule has 4 aromatic rings. The van der Waals surface area contributed by atoms with Crippen LogP contribution in [0.25, 0.3) is 10.1 Å². The largest absolute Gasteiger partial charge is 0.508 e. The third-order valence-corrected chi connectivity index (χ3v) is 7.82. The molecule has 0 aliphatic carbocycles. The van der Waals surface area contributed by atoms with Gasteiger partial charge in [-0.1, -0.05) is 30.7 Å². The number of benzene rings is 3. The highest BCUT2D eigenvalue weighted by atomic mass is 32.1. The van der Waals surface area contributed by atoms with Crippen LogP contribution in [0.15, 0.2) is 60.7 Å². The van der Waals surface area contributed by atoms with E-state index in [0.717, 1.165) is 52.5 Å². The lowest BCUT2D eigenvalue weighted by atomic mass is 10.0. The van der Waals surface area contributed by atoms with E-state index in [4.69, 9.17) is 9.47 Å². The van der Waals surface area contributed by atoms with E-state index in [-0.39, 0.29) is 11.5 Å². The molecule has 0 radical (unpaired) electrons. The third-order valence-electron chi connectivity index (χ3n) is 6.69. The number of aryl methyl sites for hydroxylation is 2. The topological polar surface area (TPSA) is 59.0 Å². The number of hydrogen-bond acceptors (Lipinski definition) is 6. The van der Waals surface area contributed by atoms with Gasteiger partial charge < -0.3 is 14.6 Å². The first-order valence-electron chi connectivity index (χ1n) is 12.4. The fraction of sp³-hybridized carbons (Fsp3) is 0.300. The van der Waals surface area contributed by atoms with Crippen molar-refractivity contribution in [3.05, 3.63) is 82.2 Å². The molecule has 0 spiro atoms. The molecule has 36 heavy (non-hydrogen) atoms. The smallest absolute Gasteiger partial charge is 0.207 e. The molecule has 1 aliphatic rings. The molecule has 5 rings (SSSR count). The van der Waals surface area contributed by atoms with Crippen molar-refractivity contribution < 1.29 is 19.4 Å². The molecule has 6 heteroatoms. The standard InChI is InChI=1S/C30H31NO4S/c1-19-4-10-25(21(3)16-19)28(33)30-29(26-11-5-22(32)17-27(26)36-30)35-24-8-6-23(7-9-24)34-15-14-31-13-12-20(2)18-31/h4-11,16-17,20,32H,12-15,18H2,1-3H3/t20-/m0/s1. The van der Waals surface area contributed by atoms with E-state index >= 15 is 0 Å². The summed E-state index contributed by atoms with van der Waals surface area (Å²) >= 11 is 1.34. The summed E-state index contributed by atoms with van der Waals surface area (Å²) in [6.07, 6.45) is 1.26. The average molecular weight is 502 g/mol. The Labute approximate surface area is 215 Å². The molecule has 1 aliphatic heterocycles. The van der Waals surface area contributed by atoms with Crippen LogP contribution in [0.1, 0.15) is 39.7 Å². The number of phenols is 1. The van der Waals surface area contributed by atoms with Crippen LogP contribution in [0, 0.1) is 19.8 Å². The van der Waals surface area contributed by atoms with Crippen LogP contribution in [-0.2, 0) is 0 Å². The van der Waals surface area contributed by atoms with Crippen LogP contribution >= 0.6 is 11.3 Å². The Kier molecular flexibility index (Phi) is 6.99. The Morgan fingerprint density at radius 3 is 2.56 bits per heavy atom. The van der Waals surface area contributed by atoms with E-state index in [9.17, 15) is 9.90 Å².